The van der Waals surface area contributed by atoms with E-state index < -0.39 is 10.5 Å². The number of nitrogens with zero attached hydrogens (tertiary/aromatic N) is 2. The molecule has 17 heavy (non-hydrogen) atoms. The van der Waals surface area contributed by atoms with Gasteiger partial charge in [-0.2, -0.15) is 0 Å². The summed E-state index contributed by atoms with van der Waals surface area (Å²) in [6.45, 7) is 3.91. The number of nitro groups is 1. The Morgan fingerprint density at radius 1 is 1.41 bits per heavy atom. The fourth-order valence-electron chi connectivity index (χ4n) is 1.86. The first-order chi connectivity index (χ1) is 7.87. The van der Waals surface area contributed by atoms with Crippen LogP contribution in [-0.4, -0.2) is 20.2 Å². The number of nitro benzene ring substituents is 1. The van der Waals surface area contributed by atoms with Crippen LogP contribution in [0.25, 0.3) is 10.9 Å². The van der Waals surface area contributed by atoms with Crippen LogP contribution in [0.3, 0.4) is 0 Å². The SMILES string of the molecule is CC(C)(O)Cn1ccc2cc([N+](=O)[O-])ccc21. The van der Waals surface area contributed by atoms with Gasteiger partial charge >= 0.3 is 0 Å². The minimum atomic E-state index is -0.812. The smallest absolute Gasteiger partial charge is 0.270 e. The van der Waals surface area contributed by atoms with Gasteiger partial charge in [-0.15, -0.1) is 0 Å². The number of hydrogen-bond donors (Lipinski definition) is 1. The highest BCUT2D eigenvalue weighted by molar-refractivity contribution is 5.82. The van der Waals surface area contributed by atoms with Crippen LogP contribution >= 0.6 is 0 Å². The number of benzene rings is 1. The van der Waals surface area contributed by atoms with Crippen molar-refractivity contribution in [2.75, 3.05) is 0 Å². The fraction of sp³-hybridized carbons (Fsp3) is 0.333. The van der Waals surface area contributed by atoms with E-state index in [1.165, 1.54) is 12.1 Å². The molecule has 0 atom stereocenters. The summed E-state index contributed by atoms with van der Waals surface area (Å²) in [7, 11) is 0. The van der Waals surface area contributed by atoms with Crippen molar-refractivity contribution in [3.05, 3.63) is 40.6 Å². The van der Waals surface area contributed by atoms with E-state index in [2.05, 4.69) is 0 Å². The molecule has 0 unspecified atom stereocenters. The molecule has 0 spiro atoms. The van der Waals surface area contributed by atoms with Crippen molar-refractivity contribution in [1.29, 1.82) is 0 Å². The van der Waals surface area contributed by atoms with Gasteiger partial charge in [-0.3, -0.25) is 10.1 Å². The minimum Gasteiger partial charge on any atom is -0.389 e. The molecule has 0 radical (unpaired) electrons. The van der Waals surface area contributed by atoms with Crippen molar-refractivity contribution in [1.82, 2.24) is 4.57 Å². The molecule has 1 aromatic heterocycles. The Morgan fingerprint density at radius 2 is 2.12 bits per heavy atom. The molecule has 0 bridgehead atoms. The second-order valence-electron chi connectivity index (χ2n) is 4.76. The van der Waals surface area contributed by atoms with Gasteiger partial charge in [-0.05, 0) is 26.0 Å². The van der Waals surface area contributed by atoms with Crippen LogP contribution in [0.15, 0.2) is 30.5 Å². The molecule has 5 heteroatoms. The minimum absolute atomic E-state index is 0.0820. The van der Waals surface area contributed by atoms with Gasteiger partial charge < -0.3 is 9.67 Å². The zero-order chi connectivity index (χ0) is 12.6. The van der Waals surface area contributed by atoms with Crippen molar-refractivity contribution < 1.29 is 10.0 Å². The molecule has 0 amide bonds. The Bertz CT molecular complexity index is 567. The third-order valence-electron chi connectivity index (χ3n) is 2.52. The lowest BCUT2D eigenvalue weighted by molar-refractivity contribution is -0.384. The predicted octanol–water partition coefficient (Wildman–Crippen LogP) is 2.32. The Kier molecular flexibility index (Phi) is 2.63. The van der Waals surface area contributed by atoms with Gasteiger partial charge in [-0.1, -0.05) is 0 Å². The lowest BCUT2D eigenvalue weighted by Gasteiger charge is -2.18. The first-order valence-corrected chi connectivity index (χ1v) is 5.32. The summed E-state index contributed by atoms with van der Waals surface area (Å²) in [6.07, 6.45) is 1.83. The van der Waals surface area contributed by atoms with Crippen LogP contribution in [0.4, 0.5) is 5.69 Å². The average molecular weight is 234 g/mol. The van der Waals surface area contributed by atoms with Crippen molar-refractivity contribution in [3.8, 4) is 0 Å². The quantitative estimate of drug-likeness (QED) is 0.654. The van der Waals surface area contributed by atoms with Gasteiger partial charge in [0.2, 0.25) is 0 Å². The molecule has 1 aromatic carbocycles. The molecular formula is C12H14N2O3. The molecular weight excluding hydrogens is 220 g/mol. The van der Waals surface area contributed by atoms with Crippen molar-refractivity contribution in [3.63, 3.8) is 0 Å². The topological polar surface area (TPSA) is 68.3 Å². The number of aromatic nitrogens is 1. The zero-order valence-electron chi connectivity index (χ0n) is 9.75. The number of rotatable bonds is 3. The fourth-order valence-corrected chi connectivity index (χ4v) is 1.86. The van der Waals surface area contributed by atoms with E-state index in [4.69, 9.17) is 0 Å². The summed E-state index contributed by atoms with van der Waals surface area (Å²) in [6, 6.07) is 6.53. The van der Waals surface area contributed by atoms with Gasteiger partial charge in [0.15, 0.2) is 0 Å². The lowest BCUT2D eigenvalue weighted by atomic mass is 10.1. The van der Waals surface area contributed by atoms with Gasteiger partial charge in [0.25, 0.3) is 5.69 Å². The van der Waals surface area contributed by atoms with Crippen LogP contribution in [0, 0.1) is 10.1 Å². The summed E-state index contributed by atoms with van der Waals surface area (Å²) >= 11 is 0. The highest BCUT2D eigenvalue weighted by Gasteiger charge is 2.15. The summed E-state index contributed by atoms with van der Waals surface area (Å²) < 4.78 is 1.89. The van der Waals surface area contributed by atoms with Crippen molar-refractivity contribution in [2.24, 2.45) is 0 Å². The molecule has 0 saturated carbocycles. The zero-order valence-corrected chi connectivity index (χ0v) is 9.75. The van der Waals surface area contributed by atoms with Crippen LogP contribution in [0.5, 0.6) is 0 Å². The van der Waals surface area contributed by atoms with Crippen molar-refractivity contribution in [2.45, 2.75) is 26.0 Å². The Labute approximate surface area is 98.4 Å². The second kappa shape index (κ2) is 3.85. The summed E-state index contributed by atoms with van der Waals surface area (Å²) in [5.74, 6) is 0. The summed E-state index contributed by atoms with van der Waals surface area (Å²) in [4.78, 5) is 10.2. The Morgan fingerprint density at radius 3 is 2.71 bits per heavy atom. The normalized spacial score (nSPS) is 11.9. The first kappa shape index (κ1) is 11.6. The highest BCUT2D eigenvalue weighted by Crippen LogP contribution is 2.23. The number of hydrogen-bond acceptors (Lipinski definition) is 3. The predicted molar refractivity (Wildman–Crippen MR) is 64.9 cm³/mol. The molecule has 1 N–H and O–H groups in total. The monoisotopic (exact) mass is 234 g/mol. The molecule has 0 fully saturated rings. The van der Waals surface area contributed by atoms with E-state index in [0.717, 1.165) is 10.9 Å². The molecule has 1 heterocycles. The van der Waals surface area contributed by atoms with Gasteiger partial charge in [-0.25, -0.2) is 0 Å². The van der Waals surface area contributed by atoms with Gasteiger partial charge in [0.1, 0.15) is 0 Å². The van der Waals surface area contributed by atoms with E-state index >= 15 is 0 Å². The highest BCUT2D eigenvalue weighted by atomic mass is 16.6. The Balaban J connectivity index is 2.45. The maximum atomic E-state index is 10.6. The molecule has 5 nitrogen and oxygen atoms in total. The van der Waals surface area contributed by atoms with E-state index in [9.17, 15) is 15.2 Å². The molecule has 0 aliphatic rings. The van der Waals surface area contributed by atoms with Gasteiger partial charge in [0.05, 0.1) is 17.1 Å². The molecule has 2 rings (SSSR count). The third kappa shape index (κ3) is 2.45. The standard InChI is InChI=1S/C12H14N2O3/c1-12(2,15)8-13-6-5-9-7-10(14(16)17)3-4-11(9)13/h3-7,15H,8H2,1-2H3. The van der Waals surface area contributed by atoms with E-state index in [0.29, 0.717) is 6.54 Å². The van der Waals surface area contributed by atoms with Crippen molar-refractivity contribution >= 4 is 16.6 Å². The van der Waals surface area contributed by atoms with E-state index in [1.54, 1.807) is 19.9 Å². The van der Waals surface area contributed by atoms with Gasteiger partial charge in [0, 0.05) is 29.2 Å². The Hall–Kier alpha value is -1.88. The number of fused-ring (bicyclic) bond motifs is 1. The average Bonchev–Trinajstić information content (AvgIpc) is 2.58. The number of aliphatic hydroxyl groups is 1. The van der Waals surface area contributed by atoms with Crippen LogP contribution < -0.4 is 0 Å². The maximum Gasteiger partial charge on any atom is 0.270 e. The van der Waals surface area contributed by atoms with E-state index in [1.807, 2.05) is 16.8 Å². The van der Waals surface area contributed by atoms with E-state index in [-0.39, 0.29) is 5.69 Å². The summed E-state index contributed by atoms with van der Waals surface area (Å²) in [5.41, 5.74) is 0.157. The second-order valence-corrected chi connectivity index (χ2v) is 4.76. The molecule has 0 aliphatic carbocycles. The molecule has 0 saturated heterocycles. The molecule has 2 aromatic rings. The largest absolute Gasteiger partial charge is 0.389 e. The number of non-ortho nitro benzene ring substituents is 1. The van der Waals surface area contributed by atoms with Crippen LogP contribution in [0.1, 0.15) is 13.8 Å². The molecule has 90 valence electrons. The maximum absolute atomic E-state index is 10.6. The first-order valence-electron chi connectivity index (χ1n) is 5.32. The third-order valence-corrected chi connectivity index (χ3v) is 2.52. The summed E-state index contributed by atoms with van der Waals surface area (Å²) in [5, 5.41) is 21.2. The molecule has 0 aliphatic heterocycles. The lowest BCUT2D eigenvalue weighted by Crippen LogP contribution is -2.25. The van der Waals surface area contributed by atoms with Crippen LogP contribution in [-0.2, 0) is 6.54 Å². The van der Waals surface area contributed by atoms with Crippen LogP contribution in [0.2, 0.25) is 0 Å².